The average Bonchev–Trinajstić information content (AvgIpc) is 2.81. The van der Waals surface area contributed by atoms with Crippen LogP contribution < -0.4 is 9.48 Å². The van der Waals surface area contributed by atoms with Crippen molar-refractivity contribution >= 4 is 20.7 Å². The van der Waals surface area contributed by atoms with Gasteiger partial charge in [0.25, 0.3) is 4.74 Å². The van der Waals surface area contributed by atoms with E-state index in [1.165, 1.54) is 20.7 Å². The molecule has 0 atom stereocenters. The fourth-order valence-corrected chi connectivity index (χ4v) is 4.29. The molecular formula is C18H24O2S2. The highest BCUT2D eigenvalue weighted by molar-refractivity contribution is 7.68. The van der Waals surface area contributed by atoms with Crippen molar-refractivity contribution in [2.75, 3.05) is 7.11 Å². The van der Waals surface area contributed by atoms with Crippen molar-refractivity contribution in [3.8, 4) is 16.9 Å². The van der Waals surface area contributed by atoms with Crippen LogP contribution in [0.15, 0.2) is 22.3 Å². The molecule has 0 saturated carbocycles. The lowest BCUT2D eigenvalue weighted by atomic mass is 9.78. The maximum absolute atomic E-state index is 12.1. The van der Waals surface area contributed by atoms with Gasteiger partial charge in [-0.3, -0.25) is 4.79 Å². The van der Waals surface area contributed by atoms with Gasteiger partial charge in [-0.15, -0.1) is 0 Å². The van der Waals surface area contributed by atoms with E-state index in [0.717, 1.165) is 28.0 Å². The third kappa shape index (κ3) is 3.28. The lowest BCUT2D eigenvalue weighted by Gasteiger charge is -2.29. The van der Waals surface area contributed by atoms with E-state index in [9.17, 15) is 4.79 Å². The van der Waals surface area contributed by atoms with Crippen LogP contribution in [0.3, 0.4) is 0 Å². The van der Waals surface area contributed by atoms with Crippen LogP contribution in [0.25, 0.3) is 11.1 Å². The molecule has 0 fully saturated rings. The first kappa shape index (κ1) is 17.2. The molecule has 0 aliphatic heterocycles. The summed E-state index contributed by atoms with van der Waals surface area (Å²) in [5.41, 5.74) is 3.99. The molecule has 0 aliphatic rings. The summed E-state index contributed by atoms with van der Waals surface area (Å²) in [5.74, 6) is 0.940. The SMILES string of the molecule is COc1c(C(C)(C)C)cc(-c2cssc2=O)cc1C(C)(C)C. The van der Waals surface area contributed by atoms with Crippen molar-refractivity contribution < 1.29 is 4.74 Å². The quantitative estimate of drug-likeness (QED) is 0.683. The maximum Gasteiger partial charge on any atom is 0.250 e. The molecule has 0 radical (unpaired) electrons. The summed E-state index contributed by atoms with van der Waals surface area (Å²) < 4.78 is 5.89. The van der Waals surface area contributed by atoms with Gasteiger partial charge >= 0.3 is 0 Å². The molecule has 1 heterocycles. The first-order valence-electron chi connectivity index (χ1n) is 7.37. The Hall–Kier alpha value is -1.13. The minimum Gasteiger partial charge on any atom is -0.496 e. The molecule has 1 aromatic heterocycles. The lowest BCUT2D eigenvalue weighted by molar-refractivity contribution is 0.381. The zero-order chi connectivity index (χ0) is 16.7. The topological polar surface area (TPSA) is 26.3 Å². The Morgan fingerprint density at radius 3 is 1.77 bits per heavy atom. The van der Waals surface area contributed by atoms with E-state index in [1.807, 2.05) is 5.38 Å². The van der Waals surface area contributed by atoms with Gasteiger partial charge in [0.15, 0.2) is 0 Å². The molecule has 1 aromatic carbocycles. The van der Waals surface area contributed by atoms with Crippen LogP contribution in [0.4, 0.5) is 0 Å². The molecule has 22 heavy (non-hydrogen) atoms. The first-order chi connectivity index (χ1) is 10.1. The molecular weight excluding hydrogens is 312 g/mol. The summed E-state index contributed by atoms with van der Waals surface area (Å²) >= 11 is 0. The summed E-state index contributed by atoms with van der Waals surface area (Å²) in [6, 6.07) is 4.23. The summed E-state index contributed by atoms with van der Waals surface area (Å²) in [4.78, 5) is 12.1. The molecule has 0 saturated heterocycles. The third-order valence-corrected chi connectivity index (χ3v) is 5.56. The molecule has 0 N–H and O–H groups in total. The number of hydrogen-bond donors (Lipinski definition) is 0. The van der Waals surface area contributed by atoms with E-state index in [2.05, 4.69) is 53.7 Å². The highest BCUT2D eigenvalue weighted by Gasteiger charge is 2.28. The normalized spacial score (nSPS) is 12.5. The Bertz CT molecular complexity index is 690. The van der Waals surface area contributed by atoms with Gasteiger partial charge in [0.2, 0.25) is 0 Å². The van der Waals surface area contributed by atoms with Crippen LogP contribution in [0.1, 0.15) is 52.7 Å². The Morgan fingerprint density at radius 2 is 1.45 bits per heavy atom. The second-order valence-electron chi connectivity index (χ2n) is 7.60. The van der Waals surface area contributed by atoms with Gasteiger partial charge in [-0.2, -0.15) is 0 Å². The van der Waals surface area contributed by atoms with Gasteiger partial charge in [0.05, 0.1) is 12.7 Å². The van der Waals surface area contributed by atoms with E-state index in [1.54, 1.807) is 7.11 Å². The summed E-state index contributed by atoms with van der Waals surface area (Å²) in [6.45, 7) is 13.1. The smallest absolute Gasteiger partial charge is 0.250 e. The van der Waals surface area contributed by atoms with Crippen LogP contribution in [0.2, 0.25) is 0 Å². The zero-order valence-corrected chi connectivity index (χ0v) is 16.0. The van der Waals surface area contributed by atoms with Crippen LogP contribution in [-0.2, 0) is 10.8 Å². The largest absolute Gasteiger partial charge is 0.496 e. The van der Waals surface area contributed by atoms with E-state index in [4.69, 9.17) is 4.74 Å². The zero-order valence-electron chi connectivity index (χ0n) is 14.4. The Balaban J connectivity index is 2.84. The van der Waals surface area contributed by atoms with Gasteiger partial charge in [0, 0.05) is 16.5 Å². The molecule has 4 heteroatoms. The minimum absolute atomic E-state index is 0.0517. The van der Waals surface area contributed by atoms with Crippen molar-refractivity contribution in [2.24, 2.45) is 0 Å². The monoisotopic (exact) mass is 336 g/mol. The van der Waals surface area contributed by atoms with Crippen LogP contribution >= 0.6 is 20.7 Å². The van der Waals surface area contributed by atoms with Gasteiger partial charge in [-0.1, -0.05) is 51.9 Å². The molecule has 0 amide bonds. The summed E-state index contributed by atoms with van der Waals surface area (Å²) in [7, 11) is 4.51. The van der Waals surface area contributed by atoms with E-state index in [-0.39, 0.29) is 15.6 Å². The Labute approximate surface area is 140 Å². The predicted octanol–water partition coefficient (Wildman–Crippen LogP) is 5.44. The molecule has 0 bridgehead atoms. The highest BCUT2D eigenvalue weighted by Crippen LogP contribution is 2.42. The molecule has 2 nitrogen and oxygen atoms in total. The molecule has 0 unspecified atom stereocenters. The fourth-order valence-electron chi connectivity index (χ4n) is 2.51. The average molecular weight is 337 g/mol. The van der Waals surface area contributed by atoms with Crippen LogP contribution in [0.5, 0.6) is 5.75 Å². The predicted molar refractivity (Wildman–Crippen MR) is 97.9 cm³/mol. The third-order valence-electron chi connectivity index (χ3n) is 3.73. The van der Waals surface area contributed by atoms with Gasteiger partial charge in [-0.25, -0.2) is 0 Å². The van der Waals surface area contributed by atoms with Crippen molar-refractivity contribution in [1.29, 1.82) is 0 Å². The lowest BCUT2D eigenvalue weighted by Crippen LogP contribution is -2.19. The second kappa shape index (κ2) is 5.82. The van der Waals surface area contributed by atoms with Crippen molar-refractivity contribution in [1.82, 2.24) is 0 Å². The van der Waals surface area contributed by atoms with Gasteiger partial charge in [-0.05, 0) is 38.9 Å². The number of benzene rings is 1. The van der Waals surface area contributed by atoms with E-state index in [0.29, 0.717) is 0 Å². The standard InChI is InChI=1S/C18H24O2S2/c1-17(2,3)13-8-11(12-10-21-22-16(12)19)9-14(15(13)20-7)18(4,5)6/h8-10H,1-7H3. The van der Waals surface area contributed by atoms with Crippen LogP contribution in [0, 0.1) is 0 Å². The molecule has 2 rings (SSSR count). The van der Waals surface area contributed by atoms with Gasteiger partial charge < -0.3 is 4.74 Å². The van der Waals surface area contributed by atoms with Crippen LogP contribution in [-0.4, -0.2) is 7.11 Å². The number of methoxy groups -OCH3 is 1. The molecule has 2 aromatic rings. The second-order valence-corrected chi connectivity index (χ2v) is 9.65. The van der Waals surface area contributed by atoms with E-state index < -0.39 is 0 Å². The van der Waals surface area contributed by atoms with E-state index >= 15 is 0 Å². The Kier molecular flexibility index (Phi) is 4.56. The molecule has 120 valence electrons. The van der Waals surface area contributed by atoms with Crippen molar-refractivity contribution in [2.45, 2.75) is 52.4 Å². The maximum atomic E-state index is 12.1. The first-order valence-corrected chi connectivity index (χ1v) is 9.58. The van der Waals surface area contributed by atoms with Crippen molar-refractivity contribution in [3.05, 3.63) is 38.2 Å². The Morgan fingerprint density at radius 1 is 0.955 bits per heavy atom. The van der Waals surface area contributed by atoms with Crippen molar-refractivity contribution in [3.63, 3.8) is 0 Å². The summed E-state index contributed by atoms with van der Waals surface area (Å²) in [5, 5.41) is 1.95. The molecule has 0 aliphatic carbocycles. The van der Waals surface area contributed by atoms with Gasteiger partial charge in [0.1, 0.15) is 5.75 Å². The molecule has 0 spiro atoms. The fraction of sp³-hybridized carbons (Fsp3) is 0.500. The minimum atomic E-state index is -0.0517. The summed E-state index contributed by atoms with van der Waals surface area (Å²) in [6.07, 6.45) is 0. The number of hydrogen-bond acceptors (Lipinski definition) is 4. The highest BCUT2D eigenvalue weighted by atomic mass is 32.9. The number of rotatable bonds is 2. The number of ether oxygens (including phenoxy) is 1.